The standard InChI is InChI=1S/C53H95N2O6P/c1-6-8-10-12-14-15-16-17-18-19-20-21-22-23-24-25-26-27-28-29-30-31-32-33-34-35-36-37-38-39-41-43-45-47-53(57)54-51(52(56)46-44-42-40-13-11-9-7-2)50-61-62(58,59)60-49-48-55(3,4)5/h8,10,14-15,17-18,20-21,23-24,26-27,44,46,51-52,56H,6-7,9,11-13,16,19,22,25,28-43,45,47-50H2,1-5H3,(H-,54,57,58,59)/p+1/b10-8-,15-14-,18-17-,21-20-,24-23-,27-26-,46-44+. The van der Waals surface area contributed by atoms with Gasteiger partial charge in [-0.25, -0.2) is 4.57 Å². The predicted molar refractivity (Wildman–Crippen MR) is 267 cm³/mol. The van der Waals surface area contributed by atoms with Crippen LogP contribution in [-0.2, 0) is 18.4 Å². The molecule has 0 aliphatic carbocycles. The predicted octanol–water partition coefficient (Wildman–Crippen LogP) is 14.5. The average Bonchev–Trinajstić information content (AvgIpc) is 3.23. The number of aliphatic hydroxyl groups excluding tert-OH is 1. The summed E-state index contributed by atoms with van der Waals surface area (Å²) >= 11 is 0. The van der Waals surface area contributed by atoms with Crippen LogP contribution >= 0.6 is 7.82 Å². The normalized spacial score (nSPS) is 14.9. The van der Waals surface area contributed by atoms with E-state index in [0.29, 0.717) is 17.4 Å². The second kappa shape index (κ2) is 43.9. The van der Waals surface area contributed by atoms with Crippen LogP contribution in [0.4, 0.5) is 0 Å². The highest BCUT2D eigenvalue weighted by atomic mass is 31.2. The van der Waals surface area contributed by atoms with Gasteiger partial charge in [0.15, 0.2) is 0 Å². The van der Waals surface area contributed by atoms with Crippen molar-refractivity contribution in [2.75, 3.05) is 40.9 Å². The van der Waals surface area contributed by atoms with E-state index in [1.54, 1.807) is 6.08 Å². The second-order valence-corrected chi connectivity index (χ2v) is 19.3. The first-order valence-electron chi connectivity index (χ1n) is 25.0. The molecular formula is C53H96N2O6P+. The number of quaternary nitrogens is 1. The largest absolute Gasteiger partial charge is 0.472 e. The number of amides is 1. The van der Waals surface area contributed by atoms with Crippen LogP contribution < -0.4 is 5.32 Å². The number of phosphoric acid groups is 1. The number of aliphatic hydroxyl groups is 1. The average molecular weight is 888 g/mol. The van der Waals surface area contributed by atoms with E-state index in [1.807, 2.05) is 27.2 Å². The quantitative estimate of drug-likeness (QED) is 0.0244. The van der Waals surface area contributed by atoms with Crippen LogP contribution in [0.1, 0.15) is 194 Å². The minimum Gasteiger partial charge on any atom is -0.387 e. The lowest BCUT2D eigenvalue weighted by Crippen LogP contribution is -2.45. The molecule has 3 N–H and O–H groups in total. The Labute approximate surface area is 382 Å². The number of hydrogen-bond donors (Lipinski definition) is 3. The van der Waals surface area contributed by atoms with Gasteiger partial charge in [-0.05, 0) is 70.6 Å². The zero-order chi connectivity index (χ0) is 45.7. The van der Waals surface area contributed by atoms with Crippen LogP contribution in [0.25, 0.3) is 0 Å². The van der Waals surface area contributed by atoms with E-state index in [1.165, 1.54) is 96.3 Å². The smallest absolute Gasteiger partial charge is 0.387 e. The van der Waals surface area contributed by atoms with Gasteiger partial charge in [0.25, 0.3) is 0 Å². The van der Waals surface area contributed by atoms with Crippen LogP contribution in [0.5, 0.6) is 0 Å². The van der Waals surface area contributed by atoms with Gasteiger partial charge in [0.05, 0.1) is 39.9 Å². The van der Waals surface area contributed by atoms with Gasteiger partial charge in [-0.15, -0.1) is 0 Å². The summed E-state index contributed by atoms with van der Waals surface area (Å²) in [6.45, 7) is 4.62. The number of carbonyl (C=O) groups is 1. The van der Waals surface area contributed by atoms with Crippen LogP contribution in [0.2, 0.25) is 0 Å². The Hall–Kier alpha value is -2.32. The lowest BCUT2D eigenvalue weighted by atomic mass is 10.0. The van der Waals surface area contributed by atoms with E-state index in [4.69, 9.17) is 9.05 Å². The molecule has 358 valence electrons. The molecule has 0 saturated carbocycles. The number of nitrogens with one attached hydrogen (secondary N) is 1. The van der Waals surface area contributed by atoms with Gasteiger partial charge in [-0.2, -0.15) is 0 Å². The Morgan fingerprint density at radius 1 is 0.565 bits per heavy atom. The van der Waals surface area contributed by atoms with Gasteiger partial charge in [-0.3, -0.25) is 13.8 Å². The molecule has 0 aromatic carbocycles. The summed E-state index contributed by atoms with van der Waals surface area (Å²) in [6, 6.07) is -0.847. The summed E-state index contributed by atoms with van der Waals surface area (Å²) in [5.74, 6) is -0.186. The van der Waals surface area contributed by atoms with Crippen molar-refractivity contribution in [1.82, 2.24) is 5.32 Å². The van der Waals surface area contributed by atoms with Crippen molar-refractivity contribution in [3.05, 3.63) is 85.1 Å². The van der Waals surface area contributed by atoms with Gasteiger partial charge >= 0.3 is 7.82 Å². The fourth-order valence-corrected chi connectivity index (χ4v) is 7.43. The number of rotatable bonds is 44. The topological polar surface area (TPSA) is 105 Å². The van der Waals surface area contributed by atoms with E-state index in [2.05, 4.69) is 92.1 Å². The maximum absolute atomic E-state index is 12.8. The van der Waals surface area contributed by atoms with E-state index in [-0.39, 0.29) is 19.1 Å². The molecule has 0 radical (unpaired) electrons. The summed E-state index contributed by atoms with van der Waals surface area (Å²) in [7, 11) is 1.56. The number of carbonyl (C=O) groups excluding carboxylic acids is 1. The number of hydrogen-bond acceptors (Lipinski definition) is 5. The zero-order valence-electron chi connectivity index (χ0n) is 40.6. The monoisotopic (exact) mass is 888 g/mol. The van der Waals surface area contributed by atoms with Crippen molar-refractivity contribution in [2.24, 2.45) is 0 Å². The number of phosphoric ester groups is 1. The van der Waals surface area contributed by atoms with Crippen LogP contribution in [0, 0.1) is 0 Å². The van der Waals surface area contributed by atoms with E-state index < -0.39 is 20.0 Å². The zero-order valence-corrected chi connectivity index (χ0v) is 41.5. The maximum Gasteiger partial charge on any atom is 0.472 e. The molecule has 0 spiro atoms. The SMILES string of the molecule is CC/C=C\C/C=C\C/C=C\C/C=C\C/C=C\C/C=C\CCCCCCCCCCCCCCCCC(=O)NC(COP(=O)(O)OCC[N+](C)(C)C)C(O)/C=C/CCCCCCC. The van der Waals surface area contributed by atoms with E-state index in [9.17, 15) is 19.4 Å². The van der Waals surface area contributed by atoms with E-state index >= 15 is 0 Å². The van der Waals surface area contributed by atoms with Crippen molar-refractivity contribution in [2.45, 2.75) is 206 Å². The molecule has 0 rings (SSSR count). The van der Waals surface area contributed by atoms with Crippen molar-refractivity contribution >= 4 is 13.7 Å². The molecule has 3 unspecified atom stereocenters. The van der Waals surface area contributed by atoms with Crippen molar-refractivity contribution in [1.29, 1.82) is 0 Å². The summed E-state index contributed by atoms with van der Waals surface area (Å²) < 4.78 is 23.5. The molecule has 3 atom stereocenters. The third-order valence-corrected chi connectivity index (χ3v) is 11.6. The summed E-state index contributed by atoms with van der Waals surface area (Å²) in [5.41, 5.74) is 0. The molecule has 9 heteroatoms. The van der Waals surface area contributed by atoms with Gasteiger partial charge < -0.3 is 19.8 Å². The van der Waals surface area contributed by atoms with Crippen molar-refractivity contribution in [3.8, 4) is 0 Å². The molecule has 8 nitrogen and oxygen atoms in total. The molecule has 0 bridgehead atoms. The molecule has 0 aromatic rings. The molecule has 0 aliphatic rings. The lowest BCUT2D eigenvalue weighted by molar-refractivity contribution is -0.870. The second-order valence-electron chi connectivity index (χ2n) is 17.8. The first kappa shape index (κ1) is 59.7. The summed E-state index contributed by atoms with van der Waals surface area (Å²) in [4.78, 5) is 23.0. The molecule has 62 heavy (non-hydrogen) atoms. The number of unbranched alkanes of at least 4 members (excludes halogenated alkanes) is 19. The fourth-order valence-electron chi connectivity index (χ4n) is 6.69. The first-order chi connectivity index (χ1) is 30.0. The van der Waals surface area contributed by atoms with Crippen LogP contribution in [-0.4, -0.2) is 73.4 Å². The Balaban J connectivity index is 3.97. The summed E-state index contributed by atoms with van der Waals surface area (Å²) in [5, 5.41) is 13.7. The Morgan fingerprint density at radius 2 is 0.968 bits per heavy atom. The molecule has 0 aliphatic heterocycles. The molecular weight excluding hydrogens is 792 g/mol. The minimum atomic E-state index is -4.33. The highest BCUT2D eigenvalue weighted by molar-refractivity contribution is 7.47. The molecule has 0 saturated heterocycles. The Morgan fingerprint density at radius 3 is 1.42 bits per heavy atom. The van der Waals surface area contributed by atoms with Gasteiger partial charge in [0, 0.05) is 6.42 Å². The molecule has 0 heterocycles. The highest BCUT2D eigenvalue weighted by Crippen LogP contribution is 2.43. The van der Waals surface area contributed by atoms with Gasteiger partial charge in [-0.1, -0.05) is 202 Å². The Bertz CT molecular complexity index is 1280. The number of likely N-dealkylation sites (N-methyl/N-ethyl adjacent to an activating group) is 1. The first-order valence-corrected chi connectivity index (χ1v) is 26.5. The van der Waals surface area contributed by atoms with E-state index in [0.717, 1.165) is 77.0 Å². The fraction of sp³-hybridized carbons (Fsp3) is 0.717. The van der Waals surface area contributed by atoms with Gasteiger partial charge in [0.2, 0.25) is 5.91 Å². The van der Waals surface area contributed by atoms with Crippen LogP contribution in [0.15, 0.2) is 85.1 Å². The molecule has 0 fully saturated rings. The third kappa shape index (κ3) is 45.7. The molecule has 1 amide bonds. The summed E-state index contributed by atoms with van der Waals surface area (Å²) in [6.07, 6.45) is 61.3. The minimum absolute atomic E-state index is 0.0581. The Kier molecular flexibility index (Phi) is 42.3. The van der Waals surface area contributed by atoms with Crippen LogP contribution in [0.3, 0.4) is 0 Å². The van der Waals surface area contributed by atoms with Crippen molar-refractivity contribution < 1.29 is 32.9 Å². The lowest BCUT2D eigenvalue weighted by Gasteiger charge is -2.25. The number of allylic oxidation sites excluding steroid dienone is 13. The number of nitrogens with zero attached hydrogens (tertiary/aromatic N) is 1. The van der Waals surface area contributed by atoms with Crippen molar-refractivity contribution in [3.63, 3.8) is 0 Å². The highest BCUT2D eigenvalue weighted by Gasteiger charge is 2.27. The maximum atomic E-state index is 12.8. The van der Waals surface area contributed by atoms with Gasteiger partial charge in [0.1, 0.15) is 13.2 Å². The third-order valence-electron chi connectivity index (χ3n) is 10.6. The molecule has 0 aromatic heterocycles.